The highest BCUT2D eigenvalue weighted by molar-refractivity contribution is 9.11. The third-order valence-corrected chi connectivity index (χ3v) is 4.54. The van der Waals surface area contributed by atoms with Crippen LogP contribution in [0, 0.1) is 6.92 Å². The van der Waals surface area contributed by atoms with E-state index in [1.165, 1.54) is 16.0 Å². The molecule has 0 unspecified atom stereocenters. The van der Waals surface area contributed by atoms with E-state index >= 15 is 0 Å². The van der Waals surface area contributed by atoms with E-state index in [0.29, 0.717) is 6.61 Å². The van der Waals surface area contributed by atoms with E-state index in [1.807, 2.05) is 0 Å². The minimum atomic E-state index is 0.0963. The molecule has 0 spiro atoms. The summed E-state index contributed by atoms with van der Waals surface area (Å²) in [5, 5.41) is 0. The topological polar surface area (TPSA) is 9.23 Å². The largest absolute Gasteiger partial charge is 0.488 e. The molecule has 0 atom stereocenters. The first kappa shape index (κ1) is 14.6. The zero-order valence-electron chi connectivity index (χ0n) is 11.8. The van der Waals surface area contributed by atoms with Crippen LogP contribution in [0.1, 0.15) is 36.8 Å². The molecule has 1 aromatic heterocycles. The number of rotatable bonds is 3. The van der Waals surface area contributed by atoms with Crippen LogP contribution in [0.3, 0.4) is 0 Å². The van der Waals surface area contributed by atoms with Gasteiger partial charge in [-0.1, -0.05) is 32.9 Å². The molecule has 0 aliphatic rings. The molecule has 2 aromatic rings. The summed E-state index contributed by atoms with van der Waals surface area (Å²) in [7, 11) is 0. The SMILES string of the molecule is Cc1ccc(C(C)(C)C)c(OCc2ccc(Br)s2)c1. The maximum absolute atomic E-state index is 6.03. The highest BCUT2D eigenvalue weighted by atomic mass is 79.9. The van der Waals surface area contributed by atoms with Gasteiger partial charge in [0.05, 0.1) is 3.79 Å². The van der Waals surface area contributed by atoms with Crippen molar-refractivity contribution in [1.82, 2.24) is 0 Å². The predicted octanol–water partition coefficient (Wildman–Crippen LogP) is 5.70. The molecular weight excluding hydrogens is 320 g/mol. The monoisotopic (exact) mass is 338 g/mol. The van der Waals surface area contributed by atoms with Gasteiger partial charge in [0.25, 0.3) is 0 Å². The normalized spacial score (nSPS) is 11.6. The predicted molar refractivity (Wildman–Crippen MR) is 86.2 cm³/mol. The minimum absolute atomic E-state index is 0.0963. The van der Waals surface area contributed by atoms with Gasteiger partial charge in [0.1, 0.15) is 12.4 Å². The Kier molecular flexibility index (Phi) is 4.36. The Balaban J connectivity index is 2.21. The summed E-state index contributed by atoms with van der Waals surface area (Å²) in [5.41, 5.74) is 2.59. The van der Waals surface area contributed by atoms with Gasteiger partial charge in [0, 0.05) is 4.88 Å². The molecule has 1 nitrogen and oxygen atoms in total. The van der Waals surface area contributed by atoms with Gasteiger partial charge in [-0.05, 0) is 57.6 Å². The average molecular weight is 339 g/mol. The van der Waals surface area contributed by atoms with E-state index in [0.717, 1.165) is 9.54 Å². The Morgan fingerprint density at radius 2 is 1.89 bits per heavy atom. The van der Waals surface area contributed by atoms with Gasteiger partial charge in [0.15, 0.2) is 0 Å². The lowest BCUT2D eigenvalue weighted by molar-refractivity contribution is 0.301. The maximum atomic E-state index is 6.03. The molecule has 3 heteroatoms. The Hall–Kier alpha value is -0.800. The molecule has 0 radical (unpaired) electrons. The van der Waals surface area contributed by atoms with E-state index in [4.69, 9.17) is 4.74 Å². The molecule has 0 saturated heterocycles. The van der Waals surface area contributed by atoms with E-state index in [2.05, 4.69) is 74.0 Å². The van der Waals surface area contributed by atoms with E-state index < -0.39 is 0 Å². The number of hydrogen-bond acceptors (Lipinski definition) is 2. The van der Waals surface area contributed by atoms with E-state index in [1.54, 1.807) is 11.3 Å². The summed E-state index contributed by atoms with van der Waals surface area (Å²) in [6.45, 7) is 9.37. The van der Waals surface area contributed by atoms with Gasteiger partial charge in [0.2, 0.25) is 0 Å². The van der Waals surface area contributed by atoms with Crippen LogP contribution in [0.2, 0.25) is 0 Å². The van der Waals surface area contributed by atoms with Gasteiger partial charge >= 0.3 is 0 Å². The maximum Gasteiger partial charge on any atom is 0.123 e. The van der Waals surface area contributed by atoms with Gasteiger partial charge in [-0.25, -0.2) is 0 Å². The third-order valence-electron chi connectivity index (χ3n) is 2.94. The second kappa shape index (κ2) is 5.68. The van der Waals surface area contributed by atoms with Crippen LogP contribution >= 0.6 is 27.3 Å². The molecule has 0 aliphatic carbocycles. The number of halogens is 1. The van der Waals surface area contributed by atoms with Crippen LogP contribution in [-0.2, 0) is 12.0 Å². The number of aryl methyl sites for hydroxylation is 1. The van der Waals surface area contributed by atoms with Gasteiger partial charge in [-0.3, -0.25) is 0 Å². The molecule has 0 bridgehead atoms. The second-order valence-corrected chi connectivity index (χ2v) is 8.29. The van der Waals surface area contributed by atoms with Gasteiger partial charge < -0.3 is 4.74 Å². The first-order chi connectivity index (χ1) is 8.86. The van der Waals surface area contributed by atoms with Gasteiger partial charge in [-0.15, -0.1) is 11.3 Å². The quantitative estimate of drug-likeness (QED) is 0.697. The van der Waals surface area contributed by atoms with Crippen molar-refractivity contribution in [3.8, 4) is 5.75 Å². The molecular formula is C16H19BrOS. The molecule has 1 heterocycles. The molecule has 1 aromatic carbocycles. The summed E-state index contributed by atoms with van der Waals surface area (Å²) in [4.78, 5) is 1.23. The van der Waals surface area contributed by atoms with E-state index in [-0.39, 0.29) is 5.41 Å². The van der Waals surface area contributed by atoms with Crippen molar-refractivity contribution in [3.63, 3.8) is 0 Å². The van der Waals surface area contributed by atoms with Crippen molar-refractivity contribution in [1.29, 1.82) is 0 Å². The van der Waals surface area contributed by atoms with Crippen LogP contribution in [0.4, 0.5) is 0 Å². The van der Waals surface area contributed by atoms with Crippen molar-refractivity contribution >= 4 is 27.3 Å². The summed E-state index contributed by atoms with van der Waals surface area (Å²) in [6.07, 6.45) is 0. The van der Waals surface area contributed by atoms with Crippen molar-refractivity contribution < 1.29 is 4.74 Å². The zero-order valence-corrected chi connectivity index (χ0v) is 14.2. The van der Waals surface area contributed by atoms with E-state index in [9.17, 15) is 0 Å². The van der Waals surface area contributed by atoms with Crippen molar-refractivity contribution in [2.75, 3.05) is 0 Å². The summed E-state index contributed by atoms with van der Waals surface area (Å²) in [5.74, 6) is 0.997. The summed E-state index contributed by atoms with van der Waals surface area (Å²) in [6, 6.07) is 10.6. The van der Waals surface area contributed by atoms with Crippen LogP contribution in [0.5, 0.6) is 5.75 Å². The molecule has 0 saturated carbocycles. The molecule has 19 heavy (non-hydrogen) atoms. The Labute approximate surface area is 127 Å². The number of thiophene rings is 1. The lowest BCUT2D eigenvalue weighted by Crippen LogP contribution is -2.13. The fraction of sp³-hybridized carbons (Fsp3) is 0.375. The van der Waals surface area contributed by atoms with Crippen LogP contribution in [0.15, 0.2) is 34.1 Å². The third kappa shape index (κ3) is 3.83. The number of hydrogen-bond donors (Lipinski definition) is 0. The van der Waals surface area contributed by atoms with Crippen LogP contribution in [-0.4, -0.2) is 0 Å². The molecule has 0 fully saturated rings. The first-order valence-corrected chi connectivity index (χ1v) is 7.95. The molecule has 102 valence electrons. The highest BCUT2D eigenvalue weighted by Crippen LogP contribution is 2.33. The van der Waals surface area contributed by atoms with Crippen molar-refractivity contribution in [2.24, 2.45) is 0 Å². The Bertz CT molecular complexity index is 566. The Morgan fingerprint density at radius 3 is 2.47 bits per heavy atom. The summed E-state index contributed by atoms with van der Waals surface area (Å²) < 4.78 is 7.18. The zero-order chi connectivity index (χ0) is 14.0. The number of ether oxygens (including phenoxy) is 1. The lowest BCUT2D eigenvalue weighted by atomic mass is 9.86. The molecule has 2 rings (SSSR count). The fourth-order valence-corrected chi connectivity index (χ4v) is 3.34. The van der Waals surface area contributed by atoms with Gasteiger partial charge in [-0.2, -0.15) is 0 Å². The fourth-order valence-electron chi connectivity index (χ4n) is 1.95. The molecule has 0 aliphatic heterocycles. The minimum Gasteiger partial charge on any atom is -0.488 e. The smallest absolute Gasteiger partial charge is 0.123 e. The lowest BCUT2D eigenvalue weighted by Gasteiger charge is -2.23. The molecule has 0 amide bonds. The second-order valence-electron chi connectivity index (χ2n) is 5.74. The van der Waals surface area contributed by atoms with Crippen LogP contribution < -0.4 is 4.74 Å². The number of benzene rings is 1. The molecule has 0 N–H and O–H groups in total. The average Bonchev–Trinajstić information content (AvgIpc) is 2.71. The highest BCUT2D eigenvalue weighted by Gasteiger charge is 2.19. The Morgan fingerprint density at radius 1 is 1.16 bits per heavy atom. The standard InChI is InChI=1S/C16H19BrOS/c1-11-5-7-13(16(2,3)4)14(9-11)18-10-12-6-8-15(17)19-12/h5-9H,10H2,1-4H3. The van der Waals surface area contributed by atoms with Crippen molar-refractivity contribution in [2.45, 2.75) is 39.7 Å². The van der Waals surface area contributed by atoms with Crippen molar-refractivity contribution in [3.05, 3.63) is 50.1 Å². The summed E-state index contributed by atoms with van der Waals surface area (Å²) >= 11 is 5.20. The first-order valence-electron chi connectivity index (χ1n) is 6.34. The van der Waals surface area contributed by atoms with Crippen LogP contribution in [0.25, 0.3) is 0 Å².